The van der Waals surface area contributed by atoms with E-state index in [-0.39, 0.29) is 11.2 Å². The summed E-state index contributed by atoms with van der Waals surface area (Å²) in [5, 5.41) is -0.0105. The van der Waals surface area contributed by atoms with Gasteiger partial charge in [-0.2, -0.15) is 0 Å². The van der Waals surface area contributed by atoms with Crippen LogP contribution in [-0.4, -0.2) is 34.1 Å². The van der Waals surface area contributed by atoms with E-state index in [4.69, 9.17) is 17.0 Å². The Hall–Kier alpha value is -1.33. The molecule has 3 nitrogen and oxygen atoms in total. The number of carbonyl (C=O) groups is 1. The molecular weight excluding hydrogens is 278 g/mol. The van der Waals surface area contributed by atoms with Gasteiger partial charge in [0.05, 0.1) is 12.4 Å². The van der Waals surface area contributed by atoms with Crippen LogP contribution in [0.1, 0.15) is 5.56 Å². The highest BCUT2D eigenvalue weighted by atomic mass is 32.2. The molecule has 1 atom stereocenters. The lowest BCUT2D eigenvalue weighted by Gasteiger charge is -2.17. The van der Waals surface area contributed by atoms with Crippen LogP contribution < -0.4 is 0 Å². The summed E-state index contributed by atoms with van der Waals surface area (Å²) in [6.45, 7) is 5.26. The molecule has 0 aromatic heterocycles. The van der Waals surface area contributed by atoms with Crippen molar-refractivity contribution in [3.63, 3.8) is 0 Å². The highest BCUT2D eigenvalue weighted by molar-refractivity contribution is 8.23. The molecule has 2 rings (SSSR count). The van der Waals surface area contributed by atoms with Gasteiger partial charge in [-0.15, -0.1) is 0 Å². The van der Waals surface area contributed by atoms with Crippen molar-refractivity contribution in [2.45, 2.75) is 11.8 Å². The first-order valence-electron chi connectivity index (χ1n) is 5.88. The van der Waals surface area contributed by atoms with E-state index in [2.05, 4.69) is 23.6 Å². The van der Waals surface area contributed by atoms with E-state index >= 15 is 0 Å². The minimum Gasteiger partial charge on any atom is -0.466 e. The number of esters is 1. The zero-order chi connectivity index (χ0) is 13.8. The molecule has 19 heavy (non-hydrogen) atoms. The molecule has 0 saturated carbocycles. The van der Waals surface area contributed by atoms with Crippen LogP contribution in [0.4, 0.5) is 0 Å². The fourth-order valence-corrected chi connectivity index (χ4v) is 3.40. The van der Waals surface area contributed by atoms with Crippen molar-refractivity contribution in [3.8, 4) is 0 Å². The molecule has 0 bridgehead atoms. The van der Waals surface area contributed by atoms with Crippen molar-refractivity contribution in [3.05, 3.63) is 48.0 Å². The standard InChI is InChI=1S/C14H15NO2S2/c1-10(13(16)17-2)12-9-15(14(18)19-12)8-11-6-4-3-5-7-11/h3-7,12H,1,8-9H2,2H3. The smallest absolute Gasteiger partial charge is 0.334 e. The second kappa shape index (κ2) is 6.21. The Morgan fingerprint density at radius 3 is 2.84 bits per heavy atom. The minimum atomic E-state index is -0.359. The molecule has 0 radical (unpaired) electrons. The molecule has 0 N–H and O–H groups in total. The Morgan fingerprint density at radius 2 is 2.21 bits per heavy atom. The zero-order valence-electron chi connectivity index (χ0n) is 10.7. The predicted octanol–water partition coefficient (Wildman–Crippen LogP) is 2.62. The third kappa shape index (κ3) is 3.36. The molecule has 100 valence electrons. The van der Waals surface area contributed by atoms with Crippen LogP contribution in [0.2, 0.25) is 0 Å². The predicted molar refractivity (Wildman–Crippen MR) is 82.0 cm³/mol. The molecule has 0 aliphatic carbocycles. The van der Waals surface area contributed by atoms with Gasteiger partial charge in [0.1, 0.15) is 4.32 Å². The van der Waals surface area contributed by atoms with Gasteiger partial charge in [0.15, 0.2) is 0 Å². The first-order valence-corrected chi connectivity index (χ1v) is 7.17. The van der Waals surface area contributed by atoms with E-state index in [1.54, 1.807) is 0 Å². The van der Waals surface area contributed by atoms with Gasteiger partial charge in [-0.25, -0.2) is 4.79 Å². The molecule has 5 heteroatoms. The molecule has 1 aromatic rings. The SMILES string of the molecule is C=C(C(=O)OC)C1CN(Cc2ccccc2)C(=S)S1. The highest BCUT2D eigenvalue weighted by Crippen LogP contribution is 2.31. The Bertz CT molecular complexity index is 501. The number of hydrogen-bond donors (Lipinski definition) is 0. The van der Waals surface area contributed by atoms with E-state index < -0.39 is 0 Å². The van der Waals surface area contributed by atoms with E-state index in [0.717, 1.165) is 10.9 Å². The van der Waals surface area contributed by atoms with E-state index in [1.165, 1.54) is 24.4 Å². The van der Waals surface area contributed by atoms with Crippen LogP contribution in [0.15, 0.2) is 42.5 Å². The van der Waals surface area contributed by atoms with Crippen LogP contribution >= 0.6 is 24.0 Å². The van der Waals surface area contributed by atoms with Gasteiger partial charge < -0.3 is 9.64 Å². The van der Waals surface area contributed by atoms with Gasteiger partial charge in [-0.1, -0.05) is 60.9 Å². The van der Waals surface area contributed by atoms with Crippen molar-refractivity contribution in [1.82, 2.24) is 4.90 Å². The highest BCUT2D eigenvalue weighted by Gasteiger charge is 2.32. The third-order valence-corrected chi connectivity index (χ3v) is 4.66. The number of thiocarbonyl (C=S) groups is 1. The van der Waals surface area contributed by atoms with Crippen LogP contribution in [0, 0.1) is 0 Å². The number of methoxy groups -OCH3 is 1. The van der Waals surface area contributed by atoms with Gasteiger partial charge in [0, 0.05) is 18.7 Å². The van der Waals surface area contributed by atoms with Gasteiger partial charge in [0.2, 0.25) is 0 Å². The summed E-state index contributed by atoms with van der Waals surface area (Å²) in [5.41, 5.74) is 1.68. The molecular formula is C14H15NO2S2. The van der Waals surface area contributed by atoms with Crippen molar-refractivity contribution in [1.29, 1.82) is 0 Å². The summed E-state index contributed by atoms with van der Waals surface area (Å²) in [7, 11) is 1.37. The van der Waals surface area contributed by atoms with Gasteiger partial charge in [-0.3, -0.25) is 0 Å². The largest absolute Gasteiger partial charge is 0.466 e. The quantitative estimate of drug-likeness (QED) is 0.484. The molecule has 1 unspecified atom stereocenters. The van der Waals surface area contributed by atoms with E-state index in [0.29, 0.717) is 12.1 Å². The summed E-state index contributed by atoms with van der Waals surface area (Å²) in [6, 6.07) is 10.1. The Balaban J connectivity index is 2.00. The molecule has 1 aromatic carbocycles. The maximum Gasteiger partial charge on any atom is 0.334 e. The molecule has 1 aliphatic rings. The number of ether oxygens (including phenoxy) is 1. The van der Waals surface area contributed by atoms with Gasteiger partial charge in [0.25, 0.3) is 0 Å². The summed E-state index contributed by atoms with van der Waals surface area (Å²) in [5.74, 6) is -0.359. The molecule has 1 fully saturated rings. The van der Waals surface area contributed by atoms with Crippen molar-refractivity contribution >= 4 is 34.3 Å². The zero-order valence-corrected chi connectivity index (χ0v) is 12.3. The Morgan fingerprint density at radius 1 is 1.53 bits per heavy atom. The monoisotopic (exact) mass is 293 g/mol. The maximum absolute atomic E-state index is 11.5. The van der Waals surface area contributed by atoms with Gasteiger partial charge in [-0.05, 0) is 5.56 Å². The van der Waals surface area contributed by atoms with Crippen LogP contribution in [0.25, 0.3) is 0 Å². The molecule has 0 spiro atoms. The summed E-state index contributed by atoms with van der Waals surface area (Å²) >= 11 is 6.86. The number of nitrogens with zero attached hydrogens (tertiary/aromatic N) is 1. The lowest BCUT2D eigenvalue weighted by Crippen LogP contribution is -2.26. The second-order valence-electron chi connectivity index (χ2n) is 4.26. The van der Waals surface area contributed by atoms with Crippen molar-refractivity contribution < 1.29 is 9.53 Å². The number of benzene rings is 1. The van der Waals surface area contributed by atoms with Crippen molar-refractivity contribution in [2.24, 2.45) is 0 Å². The maximum atomic E-state index is 11.5. The third-order valence-electron chi connectivity index (χ3n) is 2.94. The van der Waals surface area contributed by atoms with Crippen LogP contribution in [0.3, 0.4) is 0 Å². The van der Waals surface area contributed by atoms with E-state index in [9.17, 15) is 4.79 Å². The first-order chi connectivity index (χ1) is 9.11. The fourth-order valence-electron chi connectivity index (χ4n) is 1.88. The molecule has 1 aliphatic heterocycles. The number of carbonyl (C=O) groups excluding carboxylic acids is 1. The molecule has 1 saturated heterocycles. The fraction of sp³-hybridized carbons (Fsp3) is 0.286. The minimum absolute atomic E-state index is 0.0105. The summed E-state index contributed by atoms with van der Waals surface area (Å²) in [6.07, 6.45) is 0. The average Bonchev–Trinajstić information content (AvgIpc) is 2.79. The molecule has 1 heterocycles. The second-order valence-corrected chi connectivity index (χ2v) is 6.09. The average molecular weight is 293 g/mol. The lowest BCUT2D eigenvalue weighted by molar-refractivity contribution is -0.136. The van der Waals surface area contributed by atoms with Crippen molar-refractivity contribution in [2.75, 3.05) is 13.7 Å². The topological polar surface area (TPSA) is 29.5 Å². The van der Waals surface area contributed by atoms with Crippen LogP contribution in [-0.2, 0) is 16.1 Å². The number of hydrogen-bond acceptors (Lipinski definition) is 4. The normalized spacial score (nSPS) is 18.5. The Kier molecular flexibility index (Phi) is 4.61. The van der Waals surface area contributed by atoms with Crippen LogP contribution in [0.5, 0.6) is 0 Å². The number of rotatable bonds is 4. The van der Waals surface area contributed by atoms with E-state index in [1.807, 2.05) is 18.2 Å². The number of thioether (sulfide) groups is 1. The summed E-state index contributed by atoms with van der Waals surface area (Å²) < 4.78 is 5.50. The lowest BCUT2D eigenvalue weighted by atomic mass is 10.2. The van der Waals surface area contributed by atoms with Gasteiger partial charge >= 0.3 is 5.97 Å². The first kappa shape index (κ1) is 14.1. The molecule has 0 amide bonds. The Labute approximate surface area is 122 Å². The summed E-state index contributed by atoms with van der Waals surface area (Å²) in [4.78, 5) is 13.6.